The molecule has 150 valence electrons. The molecule has 0 aromatic heterocycles. The molecule has 8 nitrogen and oxygen atoms in total. The number of benzene rings is 2. The highest BCUT2D eigenvalue weighted by Crippen LogP contribution is 2.34. The maximum absolute atomic E-state index is 13.0. The average Bonchev–Trinajstić information content (AvgIpc) is 2.98. The number of aliphatic hydroxyl groups excluding tert-OH is 2. The molecule has 0 radical (unpaired) electrons. The van der Waals surface area contributed by atoms with Gasteiger partial charge in [-0.25, -0.2) is 0 Å². The minimum Gasteiger partial charge on any atom is -0.488 e. The van der Waals surface area contributed by atoms with Gasteiger partial charge in [-0.15, -0.1) is 0 Å². The smallest absolute Gasteiger partial charge is 0.265 e. The molecule has 2 aromatic carbocycles. The standard InChI is InChI=1S/C21H20N2O6/c24-10-12-4-6-13(7-5-12)11-29-16-3-1-2-14-18(16)21(28)23(20(14)27)15-8-9-17(25)22-19(15)26/h1-7,15,19,24,26H,8-11H2,(H,22,25). The fourth-order valence-electron chi connectivity index (χ4n) is 3.64. The van der Waals surface area contributed by atoms with Crippen molar-refractivity contribution < 1.29 is 29.3 Å². The summed E-state index contributed by atoms with van der Waals surface area (Å²) < 4.78 is 5.81. The van der Waals surface area contributed by atoms with Crippen molar-refractivity contribution in [3.05, 3.63) is 64.7 Å². The lowest BCUT2D eigenvalue weighted by atomic mass is 10.0. The van der Waals surface area contributed by atoms with E-state index >= 15 is 0 Å². The normalized spacial score (nSPS) is 21.2. The number of carbonyl (C=O) groups is 3. The van der Waals surface area contributed by atoms with Crippen molar-refractivity contribution in [2.45, 2.75) is 38.3 Å². The Bertz CT molecular complexity index is 972. The van der Waals surface area contributed by atoms with Crippen molar-refractivity contribution in [2.24, 2.45) is 0 Å². The first-order valence-electron chi connectivity index (χ1n) is 9.29. The minimum atomic E-state index is -1.30. The molecule has 3 amide bonds. The molecule has 2 aliphatic heterocycles. The maximum Gasteiger partial charge on any atom is 0.265 e. The van der Waals surface area contributed by atoms with Gasteiger partial charge in [0.1, 0.15) is 18.6 Å². The summed E-state index contributed by atoms with van der Waals surface area (Å²) in [6.07, 6.45) is -0.971. The van der Waals surface area contributed by atoms with E-state index < -0.39 is 24.1 Å². The van der Waals surface area contributed by atoms with Crippen LogP contribution in [0.3, 0.4) is 0 Å². The number of nitrogens with zero attached hydrogens (tertiary/aromatic N) is 1. The van der Waals surface area contributed by atoms with Crippen molar-refractivity contribution in [3.8, 4) is 5.75 Å². The lowest BCUT2D eigenvalue weighted by Crippen LogP contribution is -2.57. The highest BCUT2D eigenvalue weighted by atomic mass is 16.5. The molecule has 2 aliphatic rings. The van der Waals surface area contributed by atoms with E-state index in [1.165, 1.54) is 0 Å². The van der Waals surface area contributed by atoms with E-state index in [1.807, 2.05) is 12.1 Å². The highest BCUT2D eigenvalue weighted by Gasteiger charge is 2.45. The maximum atomic E-state index is 13.0. The SMILES string of the molecule is O=C1CCC(N2C(=O)c3cccc(OCc4ccc(CO)cc4)c3C2=O)C(O)N1. The van der Waals surface area contributed by atoms with Gasteiger partial charge in [-0.05, 0) is 29.7 Å². The monoisotopic (exact) mass is 396 g/mol. The first-order valence-corrected chi connectivity index (χ1v) is 9.29. The number of nitrogens with one attached hydrogen (secondary N) is 1. The van der Waals surface area contributed by atoms with Gasteiger partial charge in [0.15, 0.2) is 0 Å². The summed E-state index contributed by atoms with van der Waals surface area (Å²) in [5.41, 5.74) is 2.00. The summed E-state index contributed by atoms with van der Waals surface area (Å²) in [7, 11) is 0. The van der Waals surface area contributed by atoms with E-state index in [0.717, 1.165) is 16.0 Å². The van der Waals surface area contributed by atoms with Crippen LogP contribution >= 0.6 is 0 Å². The van der Waals surface area contributed by atoms with Gasteiger partial charge in [0.25, 0.3) is 11.8 Å². The molecule has 0 saturated carbocycles. The van der Waals surface area contributed by atoms with E-state index in [2.05, 4.69) is 5.32 Å². The highest BCUT2D eigenvalue weighted by molar-refractivity contribution is 6.22. The Morgan fingerprint density at radius 1 is 1.03 bits per heavy atom. The topological polar surface area (TPSA) is 116 Å². The number of ether oxygens (including phenoxy) is 1. The Labute approximate surface area is 166 Å². The Hall–Kier alpha value is -3.23. The molecule has 0 bridgehead atoms. The second-order valence-corrected chi connectivity index (χ2v) is 7.04. The second kappa shape index (κ2) is 7.65. The zero-order chi connectivity index (χ0) is 20.5. The molecule has 4 rings (SSSR count). The molecule has 2 aromatic rings. The minimum absolute atomic E-state index is 0.0484. The molecule has 2 atom stereocenters. The Balaban J connectivity index is 1.56. The Kier molecular flexibility index (Phi) is 5.04. The molecule has 0 aliphatic carbocycles. The van der Waals surface area contributed by atoms with Crippen molar-refractivity contribution in [1.82, 2.24) is 10.2 Å². The third kappa shape index (κ3) is 3.48. The van der Waals surface area contributed by atoms with Crippen LogP contribution in [0.2, 0.25) is 0 Å². The summed E-state index contributed by atoms with van der Waals surface area (Å²) in [6.45, 7) is 0.138. The molecular weight excluding hydrogens is 376 g/mol. The zero-order valence-electron chi connectivity index (χ0n) is 15.5. The number of carbonyl (C=O) groups excluding carboxylic acids is 3. The third-order valence-electron chi connectivity index (χ3n) is 5.18. The van der Waals surface area contributed by atoms with Gasteiger partial charge in [-0.3, -0.25) is 19.3 Å². The summed E-state index contributed by atoms with van der Waals surface area (Å²) in [4.78, 5) is 38.3. The third-order valence-corrected chi connectivity index (χ3v) is 5.18. The summed E-state index contributed by atoms with van der Waals surface area (Å²) in [5, 5.41) is 21.6. The van der Waals surface area contributed by atoms with E-state index in [4.69, 9.17) is 9.84 Å². The van der Waals surface area contributed by atoms with Gasteiger partial charge in [-0.2, -0.15) is 0 Å². The van der Waals surface area contributed by atoms with Crippen LogP contribution in [0.15, 0.2) is 42.5 Å². The van der Waals surface area contributed by atoms with E-state index in [-0.39, 0.29) is 48.8 Å². The van der Waals surface area contributed by atoms with Gasteiger partial charge in [0, 0.05) is 6.42 Å². The van der Waals surface area contributed by atoms with E-state index in [1.54, 1.807) is 30.3 Å². The van der Waals surface area contributed by atoms with Gasteiger partial charge in [0.2, 0.25) is 5.91 Å². The van der Waals surface area contributed by atoms with Crippen LogP contribution in [0.5, 0.6) is 5.75 Å². The van der Waals surface area contributed by atoms with Gasteiger partial charge < -0.3 is 20.3 Å². The number of hydrogen-bond acceptors (Lipinski definition) is 6. The predicted octanol–water partition coefficient (Wildman–Crippen LogP) is 0.951. The lowest BCUT2D eigenvalue weighted by Gasteiger charge is -2.33. The van der Waals surface area contributed by atoms with E-state index in [0.29, 0.717) is 0 Å². The number of aliphatic hydroxyl groups is 2. The number of hydrogen-bond donors (Lipinski definition) is 3. The van der Waals surface area contributed by atoms with Crippen molar-refractivity contribution >= 4 is 17.7 Å². The zero-order valence-corrected chi connectivity index (χ0v) is 15.5. The number of rotatable bonds is 5. The van der Waals surface area contributed by atoms with Crippen molar-refractivity contribution in [1.29, 1.82) is 0 Å². The fourth-order valence-corrected chi connectivity index (χ4v) is 3.64. The van der Waals surface area contributed by atoms with Crippen LogP contribution in [-0.2, 0) is 18.0 Å². The van der Waals surface area contributed by atoms with Crippen molar-refractivity contribution in [3.63, 3.8) is 0 Å². The number of piperidine rings is 1. The second-order valence-electron chi connectivity index (χ2n) is 7.04. The molecule has 3 N–H and O–H groups in total. The fraction of sp³-hybridized carbons (Fsp3) is 0.286. The Morgan fingerprint density at radius 3 is 2.45 bits per heavy atom. The quantitative estimate of drug-likeness (QED) is 0.648. The van der Waals surface area contributed by atoms with Gasteiger partial charge in [-0.1, -0.05) is 30.3 Å². The summed E-state index contributed by atoms with van der Waals surface area (Å²) in [5.74, 6) is -1.09. The molecule has 8 heteroatoms. The number of imide groups is 1. The number of fused-ring (bicyclic) bond motifs is 1. The summed E-state index contributed by atoms with van der Waals surface area (Å²) >= 11 is 0. The van der Waals surface area contributed by atoms with Crippen LogP contribution in [0.4, 0.5) is 0 Å². The lowest BCUT2D eigenvalue weighted by molar-refractivity contribution is -0.129. The average molecular weight is 396 g/mol. The first-order chi connectivity index (χ1) is 14.0. The van der Waals surface area contributed by atoms with Gasteiger partial charge >= 0.3 is 0 Å². The molecule has 2 heterocycles. The van der Waals surface area contributed by atoms with E-state index in [9.17, 15) is 19.5 Å². The molecular formula is C21H20N2O6. The molecule has 29 heavy (non-hydrogen) atoms. The van der Waals surface area contributed by atoms with Crippen LogP contribution < -0.4 is 10.1 Å². The van der Waals surface area contributed by atoms with Crippen LogP contribution in [0.1, 0.15) is 44.7 Å². The van der Waals surface area contributed by atoms with Crippen LogP contribution in [0, 0.1) is 0 Å². The first kappa shape index (κ1) is 19.1. The number of amides is 3. The van der Waals surface area contributed by atoms with Crippen LogP contribution in [-0.4, -0.2) is 45.1 Å². The van der Waals surface area contributed by atoms with Gasteiger partial charge in [0.05, 0.1) is 23.8 Å². The van der Waals surface area contributed by atoms with Crippen molar-refractivity contribution in [2.75, 3.05) is 0 Å². The van der Waals surface area contributed by atoms with Crippen LogP contribution in [0.25, 0.3) is 0 Å². The Morgan fingerprint density at radius 2 is 1.76 bits per heavy atom. The predicted molar refractivity (Wildman–Crippen MR) is 101 cm³/mol. The molecule has 1 fully saturated rings. The molecule has 2 unspecified atom stereocenters. The molecule has 1 saturated heterocycles. The summed E-state index contributed by atoms with van der Waals surface area (Å²) in [6, 6.07) is 11.2. The largest absolute Gasteiger partial charge is 0.488 e. The molecule has 0 spiro atoms.